The Bertz CT molecular complexity index is 269. The molecule has 2 rings (SSSR count). The highest BCUT2D eigenvalue weighted by Gasteiger charge is 2.23. The lowest BCUT2D eigenvalue weighted by molar-refractivity contribution is -0.135. The molecule has 0 aromatic carbocycles. The zero-order valence-corrected chi connectivity index (χ0v) is 10.2. The van der Waals surface area contributed by atoms with Crippen LogP contribution in [0.1, 0.15) is 25.7 Å². The molecule has 5 nitrogen and oxygen atoms in total. The Kier molecular flexibility index (Phi) is 4.36. The van der Waals surface area contributed by atoms with Gasteiger partial charge in [0.2, 0.25) is 12.3 Å². The Balaban J connectivity index is 1.74. The summed E-state index contributed by atoms with van der Waals surface area (Å²) in [5, 5.41) is 3.39. The maximum atomic E-state index is 12.0. The summed E-state index contributed by atoms with van der Waals surface area (Å²) in [5.41, 5.74) is 0. The van der Waals surface area contributed by atoms with Crippen molar-refractivity contribution in [2.24, 2.45) is 0 Å². The molecule has 2 heterocycles. The fourth-order valence-corrected chi connectivity index (χ4v) is 2.51. The lowest BCUT2D eigenvalue weighted by Crippen LogP contribution is -2.49. The lowest BCUT2D eigenvalue weighted by Gasteiger charge is -2.34. The molecule has 1 atom stereocenters. The summed E-state index contributed by atoms with van der Waals surface area (Å²) in [5.74, 6) is 0.231. The normalized spacial score (nSPS) is 25.8. The lowest BCUT2D eigenvalue weighted by atomic mass is 10.0. The van der Waals surface area contributed by atoms with Gasteiger partial charge in [-0.05, 0) is 19.4 Å². The Morgan fingerprint density at radius 1 is 1.24 bits per heavy atom. The molecule has 2 saturated heterocycles. The number of rotatable bonds is 3. The summed E-state index contributed by atoms with van der Waals surface area (Å²) in [6.45, 7) is 3.76. The summed E-state index contributed by atoms with van der Waals surface area (Å²) >= 11 is 0. The quantitative estimate of drug-likeness (QED) is 0.695. The monoisotopic (exact) mass is 239 g/mol. The first-order valence-corrected chi connectivity index (χ1v) is 6.50. The summed E-state index contributed by atoms with van der Waals surface area (Å²) < 4.78 is 0. The number of amides is 2. The Labute approximate surface area is 102 Å². The van der Waals surface area contributed by atoms with Gasteiger partial charge < -0.3 is 15.1 Å². The number of nitrogens with zero attached hydrogens (tertiary/aromatic N) is 2. The number of nitrogens with one attached hydrogen (secondary N) is 1. The first kappa shape index (κ1) is 12.4. The molecule has 5 heteroatoms. The topological polar surface area (TPSA) is 52.7 Å². The number of carbonyl (C=O) groups excluding carboxylic acids is 2. The molecule has 2 amide bonds. The highest BCUT2D eigenvalue weighted by molar-refractivity contribution is 5.77. The molecule has 2 aliphatic rings. The molecule has 2 aliphatic heterocycles. The second-order valence-corrected chi connectivity index (χ2v) is 4.87. The molecule has 1 N–H and O–H groups in total. The van der Waals surface area contributed by atoms with E-state index < -0.39 is 0 Å². The van der Waals surface area contributed by atoms with Gasteiger partial charge in [0, 0.05) is 38.6 Å². The number of piperazine rings is 1. The average molecular weight is 239 g/mol. The molecule has 0 radical (unpaired) electrons. The molecule has 0 saturated carbocycles. The van der Waals surface area contributed by atoms with Crippen molar-refractivity contribution in [1.29, 1.82) is 0 Å². The second kappa shape index (κ2) is 6.00. The van der Waals surface area contributed by atoms with Crippen LogP contribution in [0.5, 0.6) is 0 Å². The van der Waals surface area contributed by atoms with Crippen LogP contribution in [-0.2, 0) is 9.59 Å². The van der Waals surface area contributed by atoms with Gasteiger partial charge in [-0.15, -0.1) is 0 Å². The number of piperidine rings is 1. The van der Waals surface area contributed by atoms with E-state index in [-0.39, 0.29) is 5.91 Å². The predicted molar refractivity (Wildman–Crippen MR) is 64.5 cm³/mol. The van der Waals surface area contributed by atoms with Crippen molar-refractivity contribution in [2.75, 3.05) is 32.7 Å². The van der Waals surface area contributed by atoms with Gasteiger partial charge in [-0.1, -0.05) is 6.42 Å². The molecule has 0 bridgehead atoms. The maximum absolute atomic E-state index is 12.0. The molecule has 0 spiro atoms. The molecule has 0 aliphatic carbocycles. The van der Waals surface area contributed by atoms with E-state index >= 15 is 0 Å². The average Bonchev–Trinajstić information content (AvgIpc) is 2.40. The minimum Gasteiger partial charge on any atom is -0.342 e. The smallest absolute Gasteiger partial charge is 0.224 e. The third-order valence-electron chi connectivity index (χ3n) is 3.65. The zero-order valence-electron chi connectivity index (χ0n) is 10.2. The highest BCUT2D eigenvalue weighted by Crippen LogP contribution is 2.12. The van der Waals surface area contributed by atoms with Crippen LogP contribution in [-0.4, -0.2) is 60.9 Å². The minimum atomic E-state index is 0.231. The number of hydrogen-bond acceptors (Lipinski definition) is 3. The van der Waals surface area contributed by atoms with E-state index in [9.17, 15) is 9.59 Å². The summed E-state index contributed by atoms with van der Waals surface area (Å²) in [6.07, 6.45) is 5.04. The van der Waals surface area contributed by atoms with Crippen LogP contribution < -0.4 is 5.32 Å². The van der Waals surface area contributed by atoms with Crippen LogP contribution in [0.3, 0.4) is 0 Å². The van der Waals surface area contributed by atoms with E-state index in [0.29, 0.717) is 38.6 Å². The van der Waals surface area contributed by atoms with Crippen LogP contribution in [0.4, 0.5) is 0 Å². The van der Waals surface area contributed by atoms with Crippen molar-refractivity contribution in [3.63, 3.8) is 0 Å². The zero-order chi connectivity index (χ0) is 12.1. The molecular formula is C12H21N3O2. The summed E-state index contributed by atoms with van der Waals surface area (Å²) in [6, 6.07) is 0.361. The van der Waals surface area contributed by atoms with Crippen molar-refractivity contribution < 1.29 is 9.59 Å². The van der Waals surface area contributed by atoms with Crippen molar-refractivity contribution in [2.45, 2.75) is 31.7 Å². The van der Waals surface area contributed by atoms with Crippen LogP contribution in [0, 0.1) is 0 Å². The third-order valence-corrected chi connectivity index (χ3v) is 3.65. The Hall–Kier alpha value is -1.10. The fraction of sp³-hybridized carbons (Fsp3) is 0.833. The van der Waals surface area contributed by atoms with Crippen molar-refractivity contribution in [3.8, 4) is 0 Å². The van der Waals surface area contributed by atoms with Crippen LogP contribution in [0.25, 0.3) is 0 Å². The van der Waals surface area contributed by atoms with E-state index in [1.54, 1.807) is 4.90 Å². The van der Waals surface area contributed by atoms with E-state index in [1.165, 1.54) is 12.8 Å². The Morgan fingerprint density at radius 2 is 2.00 bits per heavy atom. The van der Waals surface area contributed by atoms with E-state index in [1.807, 2.05) is 4.90 Å². The van der Waals surface area contributed by atoms with Crippen molar-refractivity contribution >= 4 is 12.3 Å². The van der Waals surface area contributed by atoms with Gasteiger partial charge in [0.25, 0.3) is 0 Å². The van der Waals surface area contributed by atoms with E-state index in [2.05, 4.69) is 5.32 Å². The van der Waals surface area contributed by atoms with Gasteiger partial charge in [0.1, 0.15) is 0 Å². The van der Waals surface area contributed by atoms with Gasteiger partial charge in [-0.3, -0.25) is 9.59 Å². The molecule has 2 fully saturated rings. The first-order chi connectivity index (χ1) is 8.29. The molecule has 96 valence electrons. The van der Waals surface area contributed by atoms with Crippen molar-refractivity contribution in [1.82, 2.24) is 15.1 Å². The second-order valence-electron chi connectivity index (χ2n) is 4.87. The predicted octanol–water partition coefficient (Wildman–Crippen LogP) is -0.181. The largest absolute Gasteiger partial charge is 0.342 e. The van der Waals surface area contributed by atoms with Crippen LogP contribution >= 0.6 is 0 Å². The van der Waals surface area contributed by atoms with Crippen LogP contribution in [0.15, 0.2) is 0 Å². The number of hydrogen-bond donors (Lipinski definition) is 1. The summed E-state index contributed by atoms with van der Waals surface area (Å²) in [4.78, 5) is 26.2. The summed E-state index contributed by atoms with van der Waals surface area (Å²) in [7, 11) is 0. The minimum absolute atomic E-state index is 0.231. The highest BCUT2D eigenvalue weighted by atomic mass is 16.2. The van der Waals surface area contributed by atoms with E-state index in [0.717, 1.165) is 19.4 Å². The van der Waals surface area contributed by atoms with Gasteiger partial charge in [-0.2, -0.15) is 0 Å². The molecular weight excluding hydrogens is 218 g/mol. The third kappa shape index (κ3) is 3.43. The van der Waals surface area contributed by atoms with Gasteiger partial charge in [0.05, 0.1) is 0 Å². The molecule has 17 heavy (non-hydrogen) atoms. The van der Waals surface area contributed by atoms with Gasteiger partial charge in [-0.25, -0.2) is 0 Å². The van der Waals surface area contributed by atoms with Gasteiger partial charge in [0.15, 0.2) is 0 Å². The fourth-order valence-electron chi connectivity index (χ4n) is 2.51. The van der Waals surface area contributed by atoms with Crippen molar-refractivity contribution in [3.05, 3.63) is 0 Å². The molecule has 0 aromatic heterocycles. The van der Waals surface area contributed by atoms with Crippen LogP contribution in [0.2, 0.25) is 0 Å². The molecule has 1 unspecified atom stereocenters. The Morgan fingerprint density at radius 3 is 2.59 bits per heavy atom. The molecule has 0 aromatic rings. The SMILES string of the molecule is O=CN1CCN(C(=O)CC2CCCCN2)CC1. The standard InChI is InChI=1S/C12H21N3O2/c16-10-14-5-7-15(8-6-14)12(17)9-11-3-1-2-4-13-11/h10-11,13H,1-9H2. The maximum Gasteiger partial charge on any atom is 0.224 e. The first-order valence-electron chi connectivity index (χ1n) is 6.50. The van der Waals surface area contributed by atoms with Gasteiger partial charge >= 0.3 is 0 Å². The van der Waals surface area contributed by atoms with E-state index in [4.69, 9.17) is 0 Å². The number of carbonyl (C=O) groups is 2.